The summed E-state index contributed by atoms with van der Waals surface area (Å²) in [6.45, 7) is 2.95. The Morgan fingerprint density at radius 1 is 1.22 bits per heavy atom. The average molecular weight is 269 g/mol. The molecule has 0 spiro atoms. The highest BCUT2D eigenvalue weighted by atomic mass is 35.5. The van der Waals surface area contributed by atoms with Crippen LogP contribution in [0.3, 0.4) is 0 Å². The van der Waals surface area contributed by atoms with Gasteiger partial charge in [0.2, 0.25) is 0 Å². The molecule has 0 unspecified atom stereocenters. The molecular formula is C13H17ClN2O2. The maximum Gasteiger partial charge on any atom is 0.163 e. The summed E-state index contributed by atoms with van der Waals surface area (Å²) >= 11 is 5.81. The Kier molecular flexibility index (Phi) is 3.97. The van der Waals surface area contributed by atoms with E-state index in [9.17, 15) is 0 Å². The van der Waals surface area contributed by atoms with Gasteiger partial charge < -0.3 is 14.0 Å². The lowest BCUT2D eigenvalue weighted by Crippen LogP contribution is -2.02. The van der Waals surface area contributed by atoms with Gasteiger partial charge in [0.05, 0.1) is 25.3 Å². The molecule has 0 saturated heterocycles. The van der Waals surface area contributed by atoms with Gasteiger partial charge in [0.15, 0.2) is 11.5 Å². The Morgan fingerprint density at radius 3 is 2.44 bits per heavy atom. The van der Waals surface area contributed by atoms with Crippen LogP contribution in [0.2, 0.25) is 0 Å². The molecule has 0 bridgehead atoms. The molecule has 2 rings (SSSR count). The lowest BCUT2D eigenvalue weighted by Gasteiger charge is -2.08. The zero-order valence-corrected chi connectivity index (χ0v) is 11.6. The van der Waals surface area contributed by atoms with E-state index in [0.29, 0.717) is 11.6 Å². The first-order valence-electron chi connectivity index (χ1n) is 5.92. The zero-order valence-electron chi connectivity index (χ0n) is 10.9. The van der Waals surface area contributed by atoms with Crippen LogP contribution in [0, 0.1) is 0 Å². The van der Waals surface area contributed by atoms with Crippen LogP contribution in [-0.4, -0.2) is 29.7 Å². The third-order valence-electron chi connectivity index (χ3n) is 2.97. The molecule has 0 N–H and O–H groups in total. The van der Waals surface area contributed by atoms with Crippen LogP contribution >= 0.6 is 11.6 Å². The van der Waals surface area contributed by atoms with Crippen molar-refractivity contribution < 1.29 is 9.47 Å². The number of hydrogen-bond acceptors (Lipinski definition) is 3. The topological polar surface area (TPSA) is 36.3 Å². The molecule has 1 aromatic carbocycles. The minimum Gasteiger partial charge on any atom is -0.493 e. The molecule has 0 atom stereocenters. The molecule has 0 amide bonds. The molecule has 1 heterocycles. The zero-order chi connectivity index (χ0) is 13.1. The summed E-state index contributed by atoms with van der Waals surface area (Å²) in [6, 6.07) is 3.86. The number of imidazole rings is 1. The highest BCUT2D eigenvalue weighted by Crippen LogP contribution is 2.32. The van der Waals surface area contributed by atoms with Gasteiger partial charge in [-0.25, -0.2) is 4.98 Å². The van der Waals surface area contributed by atoms with Crippen molar-refractivity contribution in [2.24, 2.45) is 0 Å². The maximum atomic E-state index is 5.81. The molecule has 5 heteroatoms. The molecule has 0 aliphatic carbocycles. The predicted octanol–water partition coefficient (Wildman–Crippen LogP) is 2.85. The Balaban J connectivity index is 2.64. The lowest BCUT2D eigenvalue weighted by molar-refractivity contribution is 0.355. The number of aromatic nitrogens is 2. The molecule has 0 aliphatic rings. The second-order valence-corrected chi connectivity index (χ2v) is 4.29. The smallest absolute Gasteiger partial charge is 0.163 e. The number of aryl methyl sites for hydroxylation is 2. The third kappa shape index (κ3) is 2.12. The summed E-state index contributed by atoms with van der Waals surface area (Å²) < 4.78 is 12.8. The van der Waals surface area contributed by atoms with Crippen molar-refractivity contribution in [3.05, 3.63) is 18.0 Å². The maximum absolute atomic E-state index is 5.81. The van der Waals surface area contributed by atoms with Crippen molar-refractivity contribution in [1.29, 1.82) is 0 Å². The average Bonchev–Trinajstić information content (AvgIpc) is 2.73. The van der Waals surface area contributed by atoms with Gasteiger partial charge in [0.25, 0.3) is 0 Å². The first-order chi connectivity index (χ1) is 8.74. The number of benzene rings is 1. The van der Waals surface area contributed by atoms with Crippen molar-refractivity contribution >= 4 is 22.6 Å². The molecule has 0 aliphatic heterocycles. The van der Waals surface area contributed by atoms with Crippen molar-refractivity contribution in [1.82, 2.24) is 9.55 Å². The van der Waals surface area contributed by atoms with Gasteiger partial charge in [0.1, 0.15) is 5.82 Å². The van der Waals surface area contributed by atoms with E-state index in [4.69, 9.17) is 21.1 Å². The van der Waals surface area contributed by atoms with Crippen LogP contribution in [0.4, 0.5) is 0 Å². The number of methoxy groups -OCH3 is 2. The Labute approximate surface area is 111 Å². The first kappa shape index (κ1) is 13.0. The van der Waals surface area contributed by atoms with Gasteiger partial charge >= 0.3 is 0 Å². The number of nitrogens with zero attached hydrogens (tertiary/aromatic N) is 2. The van der Waals surface area contributed by atoms with E-state index in [1.54, 1.807) is 14.2 Å². The van der Waals surface area contributed by atoms with E-state index in [2.05, 4.69) is 16.5 Å². The van der Waals surface area contributed by atoms with E-state index >= 15 is 0 Å². The number of ether oxygens (including phenoxy) is 2. The van der Waals surface area contributed by atoms with Crippen molar-refractivity contribution in [2.75, 3.05) is 20.1 Å². The van der Waals surface area contributed by atoms with Crippen LogP contribution in [0.5, 0.6) is 11.5 Å². The fourth-order valence-corrected chi connectivity index (χ4v) is 2.30. The Hall–Kier alpha value is -1.42. The molecular weight excluding hydrogens is 252 g/mol. The number of hydrogen-bond donors (Lipinski definition) is 0. The minimum atomic E-state index is 0.567. The summed E-state index contributed by atoms with van der Waals surface area (Å²) in [5.74, 6) is 2.98. The fraction of sp³-hybridized carbons (Fsp3) is 0.462. The molecule has 1 aromatic heterocycles. The minimum absolute atomic E-state index is 0.567. The normalized spacial score (nSPS) is 10.9. The summed E-state index contributed by atoms with van der Waals surface area (Å²) in [5.41, 5.74) is 1.96. The molecule has 4 nitrogen and oxygen atoms in total. The number of rotatable bonds is 5. The monoisotopic (exact) mass is 268 g/mol. The predicted molar refractivity (Wildman–Crippen MR) is 72.9 cm³/mol. The number of fused-ring (bicyclic) bond motifs is 1. The second-order valence-electron chi connectivity index (χ2n) is 3.91. The molecule has 98 valence electrons. The highest BCUT2D eigenvalue weighted by molar-refractivity contribution is 6.17. The molecule has 0 saturated carbocycles. The molecule has 2 aromatic rings. The number of alkyl halides is 1. The third-order valence-corrected chi connectivity index (χ3v) is 3.16. The first-order valence-corrected chi connectivity index (χ1v) is 6.45. The quantitative estimate of drug-likeness (QED) is 0.783. The van der Waals surface area contributed by atoms with E-state index in [0.717, 1.165) is 35.6 Å². The Bertz CT molecular complexity index is 551. The summed E-state index contributed by atoms with van der Waals surface area (Å²) in [4.78, 5) is 4.60. The highest BCUT2D eigenvalue weighted by Gasteiger charge is 2.13. The SMILES string of the molecule is CCn1c(CCCl)nc2cc(OC)c(OC)cc21. The van der Waals surface area contributed by atoms with Gasteiger partial charge in [-0.05, 0) is 6.92 Å². The van der Waals surface area contributed by atoms with Crippen LogP contribution in [-0.2, 0) is 13.0 Å². The van der Waals surface area contributed by atoms with E-state index in [1.807, 2.05) is 12.1 Å². The van der Waals surface area contributed by atoms with E-state index in [-0.39, 0.29) is 0 Å². The second kappa shape index (κ2) is 5.48. The summed E-state index contributed by atoms with van der Waals surface area (Å²) in [7, 11) is 3.26. The number of halogens is 1. The van der Waals surface area contributed by atoms with Crippen LogP contribution in [0.25, 0.3) is 11.0 Å². The molecule has 0 fully saturated rings. The lowest BCUT2D eigenvalue weighted by atomic mass is 10.2. The van der Waals surface area contributed by atoms with Gasteiger partial charge in [-0.3, -0.25) is 0 Å². The van der Waals surface area contributed by atoms with Crippen LogP contribution in [0.15, 0.2) is 12.1 Å². The van der Waals surface area contributed by atoms with Gasteiger partial charge in [-0.15, -0.1) is 11.6 Å². The van der Waals surface area contributed by atoms with E-state index < -0.39 is 0 Å². The standard InChI is InChI=1S/C13H17ClN2O2/c1-4-16-10-8-12(18-3)11(17-2)7-9(10)15-13(16)5-6-14/h7-8H,4-6H2,1-3H3. The molecule has 0 radical (unpaired) electrons. The summed E-state index contributed by atoms with van der Waals surface area (Å²) in [6.07, 6.45) is 0.759. The van der Waals surface area contributed by atoms with Gasteiger partial charge in [0, 0.05) is 31.0 Å². The van der Waals surface area contributed by atoms with Crippen molar-refractivity contribution in [3.8, 4) is 11.5 Å². The van der Waals surface area contributed by atoms with Gasteiger partial charge in [-0.1, -0.05) is 0 Å². The van der Waals surface area contributed by atoms with Gasteiger partial charge in [-0.2, -0.15) is 0 Å². The summed E-state index contributed by atoms with van der Waals surface area (Å²) in [5, 5.41) is 0. The van der Waals surface area contributed by atoms with E-state index in [1.165, 1.54) is 0 Å². The fourth-order valence-electron chi connectivity index (χ4n) is 2.13. The van der Waals surface area contributed by atoms with Crippen LogP contribution < -0.4 is 9.47 Å². The van der Waals surface area contributed by atoms with Crippen molar-refractivity contribution in [3.63, 3.8) is 0 Å². The Morgan fingerprint density at radius 2 is 1.89 bits per heavy atom. The molecule has 18 heavy (non-hydrogen) atoms. The van der Waals surface area contributed by atoms with Crippen LogP contribution in [0.1, 0.15) is 12.7 Å². The largest absolute Gasteiger partial charge is 0.493 e. The van der Waals surface area contributed by atoms with Crippen molar-refractivity contribution in [2.45, 2.75) is 19.9 Å².